The lowest BCUT2D eigenvalue weighted by atomic mass is 9.94. The van der Waals surface area contributed by atoms with Crippen molar-refractivity contribution in [2.75, 3.05) is 10.6 Å². The Balaban J connectivity index is 1.27. The molecule has 1 aliphatic carbocycles. The van der Waals surface area contributed by atoms with Crippen LogP contribution in [0.2, 0.25) is 0 Å². The molecule has 2 aliphatic heterocycles. The van der Waals surface area contributed by atoms with E-state index < -0.39 is 6.04 Å². The zero-order chi connectivity index (χ0) is 24.1. The van der Waals surface area contributed by atoms with Crippen LogP contribution in [0.25, 0.3) is 5.57 Å². The number of carbonyl (C=O) groups excluding carboxylic acids is 2. The van der Waals surface area contributed by atoms with Crippen molar-refractivity contribution in [1.29, 1.82) is 0 Å². The molecule has 6 N–H and O–H groups in total. The normalized spacial score (nSPS) is 18.9. The van der Waals surface area contributed by atoms with Crippen LogP contribution in [0.15, 0.2) is 60.9 Å². The predicted molar refractivity (Wildman–Crippen MR) is 134 cm³/mol. The number of hydrogen-bond acceptors (Lipinski definition) is 6. The summed E-state index contributed by atoms with van der Waals surface area (Å²) in [6.45, 7) is 1.94. The summed E-state index contributed by atoms with van der Waals surface area (Å²) in [6, 6.07) is 14.9. The Morgan fingerprint density at radius 3 is 2.63 bits per heavy atom. The Hall–Kier alpha value is -4.17. The molecule has 0 saturated carbocycles. The minimum absolute atomic E-state index is 0.0435. The summed E-state index contributed by atoms with van der Waals surface area (Å²) in [5.74, 6) is -0.485. The number of fused-ring (bicyclic) bond motifs is 1. The first-order valence-corrected chi connectivity index (χ1v) is 11.7. The average Bonchev–Trinajstić information content (AvgIpc) is 3.40. The van der Waals surface area contributed by atoms with Crippen molar-refractivity contribution in [3.63, 3.8) is 0 Å². The van der Waals surface area contributed by atoms with Gasteiger partial charge in [-0.2, -0.15) is 0 Å². The smallest absolute Gasteiger partial charge is 0.270 e. The van der Waals surface area contributed by atoms with Crippen molar-refractivity contribution >= 4 is 28.8 Å². The molecule has 1 aromatic heterocycles. The lowest BCUT2D eigenvalue weighted by Crippen LogP contribution is -2.42. The monoisotopic (exact) mass is 466 g/mol. The minimum Gasteiger partial charge on any atom is -0.373 e. The number of pyridine rings is 1. The molecule has 6 rings (SSSR count). The second-order valence-electron chi connectivity index (χ2n) is 9.41. The molecule has 1 unspecified atom stereocenters. The van der Waals surface area contributed by atoms with Gasteiger partial charge in [0.1, 0.15) is 0 Å². The Morgan fingerprint density at radius 2 is 1.91 bits per heavy atom. The van der Waals surface area contributed by atoms with E-state index in [0.717, 1.165) is 40.9 Å². The number of anilines is 2. The van der Waals surface area contributed by atoms with Gasteiger partial charge in [-0.05, 0) is 60.6 Å². The van der Waals surface area contributed by atoms with Crippen molar-refractivity contribution in [3.05, 3.63) is 94.4 Å². The van der Waals surface area contributed by atoms with Gasteiger partial charge in [-0.1, -0.05) is 30.3 Å². The van der Waals surface area contributed by atoms with Crippen LogP contribution < -0.4 is 27.2 Å². The molecule has 176 valence electrons. The van der Waals surface area contributed by atoms with Crippen LogP contribution in [0.3, 0.4) is 0 Å². The number of nitrogens with one attached hydrogen (secondary N) is 4. The third-order valence-corrected chi connectivity index (χ3v) is 7.12. The van der Waals surface area contributed by atoms with Gasteiger partial charge in [0.05, 0.1) is 17.6 Å². The topological polar surface area (TPSA) is 121 Å². The lowest BCUT2D eigenvalue weighted by Gasteiger charge is -2.19. The third-order valence-electron chi connectivity index (χ3n) is 7.12. The number of aryl methyl sites for hydroxylation is 1. The summed E-state index contributed by atoms with van der Waals surface area (Å²) in [7, 11) is 0. The number of nitrogens with zero attached hydrogens (tertiary/aromatic N) is 1. The standard InChI is InChI=1S/C27H26N6O2/c1-14-6-7-17(12-29-14)25-21-13-30-33-26(34)20-10-19(11-22(32-25)23(20)21)31-27(35)24(28)18-8-15-4-2-3-5-16(15)9-18/h2-7,10-13,18,24-25,30,32H,8-9,28H2,1H3,(H,31,35)(H,33,34)/t24-,25?/m1/s1. The highest BCUT2D eigenvalue weighted by molar-refractivity contribution is 6.07. The van der Waals surface area contributed by atoms with Crippen LogP contribution in [-0.4, -0.2) is 22.8 Å². The van der Waals surface area contributed by atoms with Gasteiger partial charge in [0.2, 0.25) is 5.91 Å². The fourth-order valence-corrected chi connectivity index (χ4v) is 5.30. The fraction of sp³-hybridized carbons (Fsp3) is 0.222. The van der Waals surface area contributed by atoms with E-state index in [-0.39, 0.29) is 23.8 Å². The Labute approximate surface area is 203 Å². The number of hydrazine groups is 1. The van der Waals surface area contributed by atoms with E-state index in [9.17, 15) is 9.59 Å². The molecule has 0 saturated heterocycles. The second-order valence-corrected chi connectivity index (χ2v) is 9.41. The summed E-state index contributed by atoms with van der Waals surface area (Å²) in [4.78, 5) is 30.4. The first-order chi connectivity index (χ1) is 17.0. The van der Waals surface area contributed by atoms with Crippen LogP contribution in [0.5, 0.6) is 0 Å². The lowest BCUT2D eigenvalue weighted by molar-refractivity contribution is -0.118. The molecule has 2 atom stereocenters. The maximum absolute atomic E-state index is 13.1. The number of carbonyl (C=O) groups is 2. The zero-order valence-corrected chi connectivity index (χ0v) is 19.3. The van der Waals surface area contributed by atoms with E-state index in [1.165, 1.54) is 11.1 Å². The summed E-state index contributed by atoms with van der Waals surface area (Å²) >= 11 is 0. The van der Waals surface area contributed by atoms with E-state index in [1.54, 1.807) is 12.3 Å². The molecule has 2 aromatic carbocycles. The van der Waals surface area contributed by atoms with Crippen molar-refractivity contribution in [1.82, 2.24) is 15.8 Å². The van der Waals surface area contributed by atoms with Crippen LogP contribution in [-0.2, 0) is 17.6 Å². The van der Waals surface area contributed by atoms with E-state index in [2.05, 4.69) is 38.6 Å². The molecule has 8 heteroatoms. The van der Waals surface area contributed by atoms with Gasteiger partial charge < -0.3 is 21.8 Å². The molecule has 3 aromatic rings. The first kappa shape index (κ1) is 21.4. The van der Waals surface area contributed by atoms with Gasteiger partial charge in [0.25, 0.3) is 5.91 Å². The highest BCUT2D eigenvalue weighted by Crippen LogP contribution is 2.46. The Bertz CT molecular complexity index is 1360. The van der Waals surface area contributed by atoms with Crippen molar-refractivity contribution in [3.8, 4) is 0 Å². The van der Waals surface area contributed by atoms with Gasteiger partial charge in [-0.25, -0.2) is 0 Å². The highest BCUT2D eigenvalue weighted by atomic mass is 16.2. The molecule has 35 heavy (non-hydrogen) atoms. The van der Waals surface area contributed by atoms with Crippen LogP contribution in [0, 0.1) is 12.8 Å². The molecule has 0 bridgehead atoms. The van der Waals surface area contributed by atoms with Gasteiger partial charge in [0, 0.05) is 40.6 Å². The molecule has 3 heterocycles. The van der Waals surface area contributed by atoms with E-state index in [1.807, 2.05) is 43.5 Å². The molecule has 8 nitrogen and oxygen atoms in total. The number of amides is 2. The summed E-state index contributed by atoms with van der Waals surface area (Å²) < 4.78 is 0. The maximum Gasteiger partial charge on any atom is 0.270 e. The van der Waals surface area contributed by atoms with Gasteiger partial charge >= 0.3 is 0 Å². The van der Waals surface area contributed by atoms with E-state index >= 15 is 0 Å². The van der Waals surface area contributed by atoms with Gasteiger partial charge in [0.15, 0.2) is 0 Å². The number of aromatic nitrogens is 1. The fourth-order valence-electron chi connectivity index (χ4n) is 5.30. The van der Waals surface area contributed by atoms with E-state index in [4.69, 9.17) is 5.73 Å². The molecular weight excluding hydrogens is 440 g/mol. The molecule has 0 fully saturated rings. The average molecular weight is 467 g/mol. The highest BCUT2D eigenvalue weighted by Gasteiger charge is 2.35. The quantitative estimate of drug-likeness (QED) is 0.403. The molecule has 0 spiro atoms. The second kappa shape index (κ2) is 8.25. The summed E-state index contributed by atoms with van der Waals surface area (Å²) in [5, 5.41) is 6.46. The largest absolute Gasteiger partial charge is 0.373 e. The molecule has 2 amide bonds. The zero-order valence-electron chi connectivity index (χ0n) is 19.3. The Kier molecular flexibility index (Phi) is 5.04. The molecule has 0 radical (unpaired) electrons. The van der Waals surface area contributed by atoms with Gasteiger partial charge in [-0.15, -0.1) is 0 Å². The summed E-state index contributed by atoms with van der Waals surface area (Å²) in [6.07, 6.45) is 5.21. The number of rotatable bonds is 4. The molecular formula is C27H26N6O2. The summed E-state index contributed by atoms with van der Waals surface area (Å²) in [5.41, 5.74) is 19.9. The number of hydrogen-bond donors (Lipinski definition) is 5. The van der Waals surface area contributed by atoms with E-state index in [0.29, 0.717) is 11.3 Å². The van der Waals surface area contributed by atoms with Crippen LogP contribution in [0.1, 0.15) is 44.3 Å². The van der Waals surface area contributed by atoms with Gasteiger partial charge in [-0.3, -0.25) is 20.0 Å². The number of nitrogens with two attached hydrogens (primary N) is 1. The van der Waals surface area contributed by atoms with Crippen LogP contribution >= 0.6 is 0 Å². The first-order valence-electron chi connectivity index (χ1n) is 11.7. The SMILES string of the molecule is Cc1ccc(C2Nc3cc(NC(=O)[C@H](N)C4Cc5ccccc5C4)cc4c3C2=CNNC4=O)cn1. The third kappa shape index (κ3) is 3.72. The molecule has 3 aliphatic rings. The maximum atomic E-state index is 13.1. The van der Waals surface area contributed by atoms with Crippen LogP contribution in [0.4, 0.5) is 11.4 Å². The minimum atomic E-state index is -0.653. The van der Waals surface area contributed by atoms with Crippen molar-refractivity contribution < 1.29 is 9.59 Å². The predicted octanol–water partition coefficient (Wildman–Crippen LogP) is 2.83. The number of benzene rings is 2. The van der Waals surface area contributed by atoms with Crippen molar-refractivity contribution in [2.45, 2.75) is 31.8 Å². The van der Waals surface area contributed by atoms with Crippen molar-refractivity contribution in [2.24, 2.45) is 11.7 Å². The Morgan fingerprint density at radius 1 is 1.14 bits per heavy atom.